The number of carbonyl (C=O) groups excluding carboxylic acids is 1. The second kappa shape index (κ2) is 8.17. The highest BCUT2D eigenvalue weighted by Crippen LogP contribution is 2.22. The zero-order valence-electron chi connectivity index (χ0n) is 14.9. The van der Waals surface area contributed by atoms with Gasteiger partial charge in [0.2, 0.25) is 5.88 Å². The number of hydrogen-bond acceptors (Lipinski definition) is 6. The van der Waals surface area contributed by atoms with E-state index in [4.69, 9.17) is 9.47 Å². The summed E-state index contributed by atoms with van der Waals surface area (Å²) < 4.78 is 12.9. The fourth-order valence-corrected chi connectivity index (χ4v) is 2.52. The smallest absolute Gasteiger partial charge is 0.258 e. The molecule has 1 aromatic carbocycles. The third kappa shape index (κ3) is 4.24. The molecule has 1 amide bonds. The third-order valence-electron chi connectivity index (χ3n) is 3.88. The number of benzene rings is 1. The Labute approximate surface area is 160 Å². The summed E-state index contributed by atoms with van der Waals surface area (Å²) >= 11 is 0. The van der Waals surface area contributed by atoms with Crippen molar-refractivity contribution < 1.29 is 14.3 Å². The van der Waals surface area contributed by atoms with Gasteiger partial charge in [-0.2, -0.15) is 0 Å². The van der Waals surface area contributed by atoms with Gasteiger partial charge in [0.1, 0.15) is 11.5 Å². The lowest BCUT2D eigenvalue weighted by Crippen LogP contribution is -2.29. The van der Waals surface area contributed by atoms with Gasteiger partial charge < -0.3 is 14.8 Å². The van der Waals surface area contributed by atoms with Crippen molar-refractivity contribution in [1.82, 2.24) is 24.9 Å². The molecule has 8 nitrogen and oxygen atoms in total. The maximum atomic E-state index is 12.0. The Hall–Kier alpha value is -3.94. The van der Waals surface area contributed by atoms with E-state index in [1.807, 2.05) is 40.9 Å². The van der Waals surface area contributed by atoms with Crippen molar-refractivity contribution in [3.05, 3.63) is 78.9 Å². The average Bonchev–Trinajstić information content (AvgIpc) is 3.16. The molecule has 0 aliphatic rings. The molecule has 4 rings (SSSR count). The van der Waals surface area contributed by atoms with Crippen LogP contribution in [-0.2, 0) is 11.3 Å². The molecule has 8 heteroatoms. The van der Waals surface area contributed by atoms with Gasteiger partial charge in [0.25, 0.3) is 5.91 Å². The van der Waals surface area contributed by atoms with Crippen molar-refractivity contribution in [3.8, 4) is 17.4 Å². The number of carbonyl (C=O) groups is 1. The number of rotatable bonds is 7. The molecule has 0 fully saturated rings. The molecule has 28 heavy (non-hydrogen) atoms. The first kappa shape index (κ1) is 17.5. The molecule has 3 heterocycles. The Kier molecular flexibility index (Phi) is 5.10. The molecule has 0 aliphatic carbocycles. The van der Waals surface area contributed by atoms with Gasteiger partial charge in [0, 0.05) is 18.5 Å². The van der Waals surface area contributed by atoms with E-state index in [2.05, 4.69) is 20.5 Å². The van der Waals surface area contributed by atoms with Gasteiger partial charge in [-0.3, -0.25) is 9.20 Å². The first-order valence-electron chi connectivity index (χ1n) is 8.65. The fraction of sp³-hybridized carbons (Fsp3) is 0.100. The van der Waals surface area contributed by atoms with Gasteiger partial charge in [-0.15, -0.1) is 10.2 Å². The lowest BCUT2D eigenvalue weighted by Gasteiger charge is -2.08. The van der Waals surface area contributed by atoms with Crippen molar-refractivity contribution in [1.29, 1.82) is 0 Å². The molecule has 3 aromatic heterocycles. The van der Waals surface area contributed by atoms with Crippen LogP contribution in [-0.4, -0.2) is 32.1 Å². The number of ether oxygens (including phenoxy) is 2. The molecule has 0 saturated carbocycles. The number of nitrogens with one attached hydrogen (secondary N) is 1. The quantitative estimate of drug-likeness (QED) is 0.534. The van der Waals surface area contributed by atoms with Crippen LogP contribution in [0, 0.1) is 0 Å². The first-order chi connectivity index (χ1) is 13.8. The topological polar surface area (TPSA) is 90.6 Å². The van der Waals surface area contributed by atoms with Crippen LogP contribution in [0.3, 0.4) is 0 Å². The third-order valence-corrected chi connectivity index (χ3v) is 3.88. The summed E-state index contributed by atoms with van der Waals surface area (Å²) in [5.41, 5.74) is 0.732. The Bertz CT molecular complexity index is 1060. The van der Waals surface area contributed by atoms with Crippen LogP contribution in [0.1, 0.15) is 5.82 Å². The second-order valence-electron chi connectivity index (χ2n) is 5.85. The van der Waals surface area contributed by atoms with Crippen molar-refractivity contribution in [3.63, 3.8) is 0 Å². The second-order valence-corrected chi connectivity index (χ2v) is 5.85. The summed E-state index contributed by atoms with van der Waals surface area (Å²) in [6.45, 7) is 0.168. The number of hydrogen-bond donors (Lipinski definition) is 1. The van der Waals surface area contributed by atoms with Gasteiger partial charge >= 0.3 is 0 Å². The number of fused-ring (bicyclic) bond motifs is 1. The minimum Gasteiger partial charge on any atom is -0.484 e. The SMILES string of the molecule is O=C(COc1ccc(Oc2ccccn2)cc1)NCc1nnc2ccccn12. The van der Waals surface area contributed by atoms with Gasteiger partial charge in [0.05, 0.1) is 6.54 Å². The van der Waals surface area contributed by atoms with E-state index in [9.17, 15) is 4.79 Å². The molecular weight excluding hydrogens is 358 g/mol. The molecule has 140 valence electrons. The Morgan fingerprint density at radius 2 is 1.79 bits per heavy atom. The van der Waals surface area contributed by atoms with Crippen LogP contribution in [0.25, 0.3) is 5.65 Å². The monoisotopic (exact) mass is 375 g/mol. The Balaban J connectivity index is 1.26. The minimum atomic E-state index is -0.249. The summed E-state index contributed by atoms with van der Waals surface area (Å²) in [5.74, 6) is 2.11. The van der Waals surface area contributed by atoms with Crippen molar-refractivity contribution in [2.24, 2.45) is 0 Å². The predicted octanol–water partition coefficient (Wildman–Crippen LogP) is 2.61. The molecule has 0 atom stereocenters. The summed E-state index contributed by atoms with van der Waals surface area (Å²) in [6, 6.07) is 18.0. The zero-order valence-corrected chi connectivity index (χ0v) is 14.9. The van der Waals surface area contributed by atoms with Crippen LogP contribution >= 0.6 is 0 Å². The van der Waals surface area contributed by atoms with E-state index in [-0.39, 0.29) is 19.1 Å². The number of aromatic nitrogens is 4. The van der Waals surface area contributed by atoms with E-state index in [0.717, 1.165) is 5.65 Å². The van der Waals surface area contributed by atoms with E-state index in [1.165, 1.54) is 0 Å². The standard InChI is InChI=1S/C20H17N5O3/c26-19(22-13-18-24-23-17-5-2-4-12-25(17)18)14-27-15-7-9-16(10-8-15)28-20-6-1-3-11-21-20/h1-12H,13-14H2,(H,22,26). The zero-order chi connectivity index (χ0) is 19.2. The summed E-state index contributed by atoms with van der Waals surface area (Å²) in [7, 11) is 0. The highest BCUT2D eigenvalue weighted by atomic mass is 16.5. The van der Waals surface area contributed by atoms with Crippen molar-refractivity contribution in [2.75, 3.05) is 6.61 Å². The maximum absolute atomic E-state index is 12.0. The highest BCUT2D eigenvalue weighted by molar-refractivity contribution is 5.77. The van der Waals surface area contributed by atoms with Gasteiger partial charge in [-0.1, -0.05) is 12.1 Å². The summed E-state index contributed by atoms with van der Waals surface area (Å²) in [5, 5.41) is 10.9. The van der Waals surface area contributed by atoms with Crippen molar-refractivity contribution in [2.45, 2.75) is 6.54 Å². The predicted molar refractivity (Wildman–Crippen MR) is 101 cm³/mol. The largest absolute Gasteiger partial charge is 0.484 e. The molecule has 0 spiro atoms. The van der Waals surface area contributed by atoms with Crippen LogP contribution in [0.2, 0.25) is 0 Å². The van der Waals surface area contributed by atoms with E-state index >= 15 is 0 Å². The van der Waals surface area contributed by atoms with Crippen LogP contribution in [0.5, 0.6) is 17.4 Å². The lowest BCUT2D eigenvalue weighted by molar-refractivity contribution is -0.123. The average molecular weight is 375 g/mol. The summed E-state index contributed by atoms with van der Waals surface area (Å²) in [4.78, 5) is 16.1. The van der Waals surface area contributed by atoms with Crippen LogP contribution < -0.4 is 14.8 Å². The molecular formula is C20H17N5O3. The maximum Gasteiger partial charge on any atom is 0.258 e. The molecule has 4 aromatic rings. The molecule has 0 radical (unpaired) electrons. The van der Waals surface area contributed by atoms with Crippen LogP contribution in [0.15, 0.2) is 73.1 Å². The van der Waals surface area contributed by atoms with Crippen LogP contribution in [0.4, 0.5) is 0 Å². The van der Waals surface area contributed by atoms with E-state index in [0.29, 0.717) is 23.2 Å². The highest BCUT2D eigenvalue weighted by Gasteiger charge is 2.08. The number of pyridine rings is 2. The molecule has 0 unspecified atom stereocenters. The number of nitrogens with zero attached hydrogens (tertiary/aromatic N) is 4. The normalized spacial score (nSPS) is 10.6. The van der Waals surface area contributed by atoms with Gasteiger partial charge in [-0.25, -0.2) is 4.98 Å². The molecule has 0 aliphatic heterocycles. The first-order valence-corrected chi connectivity index (χ1v) is 8.65. The van der Waals surface area contributed by atoms with E-state index in [1.54, 1.807) is 36.5 Å². The molecule has 0 saturated heterocycles. The van der Waals surface area contributed by atoms with E-state index < -0.39 is 0 Å². The minimum absolute atomic E-state index is 0.100. The van der Waals surface area contributed by atoms with Gasteiger partial charge in [-0.05, 0) is 42.5 Å². The van der Waals surface area contributed by atoms with Crippen molar-refractivity contribution >= 4 is 11.6 Å². The molecule has 0 bridgehead atoms. The lowest BCUT2D eigenvalue weighted by atomic mass is 10.3. The van der Waals surface area contributed by atoms with Gasteiger partial charge in [0.15, 0.2) is 18.1 Å². The fourth-order valence-electron chi connectivity index (χ4n) is 2.52. The Morgan fingerprint density at radius 3 is 2.61 bits per heavy atom. The molecule has 1 N–H and O–H groups in total. The summed E-state index contributed by atoms with van der Waals surface area (Å²) in [6.07, 6.45) is 3.51. The number of amides is 1. The Morgan fingerprint density at radius 1 is 0.964 bits per heavy atom.